The summed E-state index contributed by atoms with van der Waals surface area (Å²) < 4.78 is 1.05. The van der Waals surface area contributed by atoms with Crippen molar-refractivity contribution in [3.8, 4) is 0 Å². The summed E-state index contributed by atoms with van der Waals surface area (Å²) in [6.07, 6.45) is 3.74. The molecule has 4 heterocycles. The minimum atomic E-state index is 0.0884. The van der Waals surface area contributed by atoms with Gasteiger partial charge in [-0.15, -0.1) is 21.5 Å². The van der Waals surface area contributed by atoms with Crippen LogP contribution >= 0.6 is 11.3 Å². The van der Waals surface area contributed by atoms with Gasteiger partial charge in [0, 0.05) is 44.3 Å². The van der Waals surface area contributed by atoms with Crippen molar-refractivity contribution in [2.45, 2.75) is 32.2 Å². The van der Waals surface area contributed by atoms with Gasteiger partial charge < -0.3 is 14.7 Å². The highest BCUT2D eigenvalue weighted by Gasteiger charge is 2.24. The third-order valence-corrected chi connectivity index (χ3v) is 6.99. The van der Waals surface area contributed by atoms with Gasteiger partial charge in [0.1, 0.15) is 0 Å². The van der Waals surface area contributed by atoms with Crippen LogP contribution < -0.4 is 9.80 Å². The zero-order valence-electron chi connectivity index (χ0n) is 17.2. The van der Waals surface area contributed by atoms with Crippen molar-refractivity contribution in [3.05, 3.63) is 41.4 Å². The molecule has 0 spiro atoms. The number of carbonyl (C=O) groups excluding carboxylic acids is 1. The summed E-state index contributed by atoms with van der Waals surface area (Å²) in [6.45, 7) is 6.23. The van der Waals surface area contributed by atoms with E-state index in [2.05, 4.69) is 44.0 Å². The van der Waals surface area contributed by atoms with Crippen molar-refractivity contribution in [2.75, 3.05) is 42.5 Å². The fourth-order valence-electron chi connectivity index (χ4n) is 4.39. The summed E-state index contributed by atoms with van der Waals surface area (Å²) in [4.78, 5) is 23.7. The zero-order valence-corrected chi connectivity index (χ0v) is 18.0. The average molecular weight is 423 g/mol. The van der Waals surface area contributed by atoms with E-state index in [1.165, 1.54) is 19.3 Å². The molecule has 2 fully saturated rings. The van der Waals surface area contributed by atoms with Gasteiger partial charge >= 0.3 is 0 Å². The molecule has 5 rings (SSSR count). The van der Waals surface area contributed by atoms with Gasteiger partial charge in [0.25, 0.3) is 5.91 Å². The maximum Gasteiger partial charge on any atom is 0.254 e. The molecule has 0 N–H and O–H groups in total. The number of rotatable bonds is 3. The number of thiazole rings is 1. The van der Waals surface area contributed by atoms with Crippen LogP contribution in [0.5, 0.6) is 0 Å². The first-order valence-electron chi connectivity index (χ1n) is 10.7. The number of piperidine rings is 1. The molecule has 1 atom stereocenters. The fraction of sp³-hybridized carbons (Fsp3) is 0.455. The van der Waals surface area contributed by atoms with Gasteiger partial charge in [-0.25, -0.2) is 4.98 Å². The summed E-state index contributed by atoms with van der Waals surface area (Å²) in [5.41, 5.74) is 3.50. The number of aromatic nitrogens is 3. The molecule has 0 aliphatic carbocycles. The first kappa shape index (κ1) is 19.2. The molecular formula is C22H26N6OS. The summed E-state index contributed by atoms with van der Waals surface area (Å²) in [5, 5.41) is 9.00. The second-order valence-electron chi connectivity index (χ2n) is 8.10. The third-order valence-electron chi connectivity index (χ3n) is 6.20. The number of hydrogen-bond acceptors (Lipinski definition) is 7. The van der Waals surface area contributed by atoms with Gasteiger partial charge in [0.05, 0.1) is 15.7 Å². The Morgan fingerprint density at radius 1 is 1.00 bits per heavy atom. The van der Waals surface area contributed by atoms with E-state index in [-0.39, 0.29) is 5.91 Å². The molecule has 8 heteroatoms. The van der Waals surface area contributed by atoms with Gasteiger partial charge in [0.2, 0.25) is 0 Å². The lowest BCUT2D eigenvalue weighted by Gasteiger charge is -2.36. The van der Waals surface area contributed by atoms with Crippen LogP contribution in [0.3, 0.4) is 0 Å². The van der Waals surface area contributed by atoms with E-state index in [9.17, 15) is 4.79 Å². The molecule has 1 amide bonds. The number of piperazine rings is 1. The van der Waals surface area contributed by atoms with Crippen LogP contribution in [0.2, 0.25) is 0 Å². The Kier molecular flexibility index (Phi) is 5.25. The maximum atomic E-state index is 12.9. The summed E-state index contributed by atoms with van der Waals surface area (Å²) >= 11 is 1.57. The monoisotopic (exact) mass is 422 g/mol. The van der Waals surface area contributed by atoms with E-state index in [1.807, 2.05) is 28.6 Å². The zero-order chi connectivity index (χ0) is 20.5. The van der Waals surface area contributed by atoms with Crippen molar-refractivity contribution in [2.24, 2.45) is 0 Å². The molecule has 2 aliphatic heterocycles. The number of anilines is 2. The van der Waals surface area contributed by atoms with Crippen LogP contribution in [0.1, 0.15) is 36.5 Å². The highest BCUT2D eigenvalue weighted by molar-refractivity contribution is 7.16. The Morgan fingerprint density at radius 3 is 2.57 bits per heavy atom. The van der Waals surface area contributed by atoms with Crippen molar-refractivity contribution in [3.63, 3.8) is 0 Å². The molecule has 3 aromatic rings. The molecule has 0 radical (unpaired) electrons. The molecule has 2 saturated heterocycles. The van der Waals surface area contributed by atoms with Crippen LogP contribution in [0.15, 0.2) is 35.8 Å². The predicted molar refractivity (Wildman–Crippen MR) is 120 cm³/mol. The second-order valence-corrected chi connectivity index (χ2v) is 8.99. The quantitative estimate of drug-likeness (QED) is 0.644. The van der Waals surface area contributed by atoms with Crippen LogP contribution in [0.25, 0.3) is 10.2 Å². The molecule has 0 bridgehead atoms. The molecule has 2 aliphatic rings. The van der Waals surface area contributed by atoms with E-state index in [4.69, 9.17) is 0 Å². The number of carbonyl (C=O) groups is 1. The Balaban J connectivity index is 1.21. The van der Waals surface area contributed by atoms with E-state index < -0.39 is 0 Å². The molecule has 30 heavy (non-hydrogen) atoms. The second kappa shape index (κ2) is 8.18. The molecule has 1 aromatic carbocycles. The lowest BCUT2D eigenvalue weighted by atomic mass is 10.0. The molecule has 2 aromatic heterocycles. The van der Waals surface area contributed by atoms with Crippen LogP contribution in [-0.2, 0) is 0 Å². The molecule has 7 nitrogen and oxygen atoms in total. The van der Waals surface area contributed by atoms with Crippen molar-refractivity contribution < 1.29 is 4.79 Å². The lowest BCUT2D eigenvalue weighted by Crippen LogP contribution is -2.49. The molecule has 0 saturated carbocycles. The van der Waals surface area contributed by atoms with Gasteiger partial charge in [-0.1, -0.05) is 0 Å². The van der Waals surface area contributed by atoms with E-state index in [0.29, 0.717) is 19.1 Å². The summed E-state index contributed by atoms with van der Waals surface area (Å²) in [6, 6.07) is 10.4. The Bertz CT molecular complexity index is 1030. The van der Waals surface area contributed by atoms with Crippen LogP contribution in [-0.4, -0.2) is 64.8 Å². The molecule has 1 unspecified atom stereocenters. The van der Waals surface area contributed by atoms with Gasteiger partial charge in [-0.2, -0.15) is 0 Å². The first-order valence-corrected chi connectivity index (χ1v) is 11.5. The van der Waals surface area contributed by atoms with Gasteiger partial charge in [0.15, 0.2) is 11.6 Å². The number of nitrogens with zero attached hydrogens (tertiary/aromatic N) is 6. The SMILES string of the molecule is CC1CCCCN1c1ccc(N2CCN(C(=O)c3ccc4ncsc4c3)CC2)nn1. The topological polar surface area (TPSA) is 65.5 Å². The number of hydrogen-bond donors (Lipinski definition) is 0. The normalized spacial score (nSPS) is 20.0. The van der Waals surface area contributed by atoms with Crippen molar-refractivity contribution in [1.82, 2.24) is 20.1 Å². The molecular weight excluding hydrogens is 396 g/mol. The Morgan fingerprint density at radius 2 is 1.80 bits per heavy atom. The minimum absolute atomic E-state index is 0.0884. The largest absolute Gasteiger partial charge is 0.352 e. The lowest BCUT2D eigenvalue weighted by molar-refractivity contribution is 0.0746. The summed E-state index contributed by atoms with van der Waals surface area (Å²) in [5.74, 6) is 1.95. The van der Waals surface area contributed by atoms with E-state index in [0.717, 1.165) is 47.1 Å². The highest BCUT2D eigenvalue weighted by atomic mass is 32.1. The van der Waals surface area contributed by atoms with Crippen molar-refractivity contribution >= 4 is 39.1 Å². The van der Waals surface area contributed by atoms with E-state index in [1.54, 1.807) is 11.3 Å². The van der Waals surface area contributed by atoms with Gasteiger partial charge in [-0.05, 0) is 56.5 Å². The standard InChI is InChI=1S/C22H26N6OS/c1-16-4-2-3-9-28(16)21-8-7-20(24-25-21)26-10-12-27(13-11-26)22(29)17-5-6-18-19(14-17)30-15-23-18/h5-8,14-16H,2-4,9-13H2,1H3. The fourth-order valence-corrected chi connectivity index (χ4v) is 5.10. The molecule has 156 valence electrons. The number of amides is 1. The average Bonchev–Trinajstić information content (AvgIpc) is 3.27. The predicted octanol–water partition coefficient (Wildman–Crippen LogP) is 3.43. The summed E-state index contributed by atoms with van der Waals surface area (Å²) in [7, 11) is 0. The third kappa shape index (κ3) is 3.71. The minimum Gasteiger partial charge on any atom is -0.352 e. The van der Waals surface area contributed by atoms with Crippen LogP contribution in [0, 0.1) is 0 Å². The van der Waals surface area contributed by atoms with E-state index >= 15 is 0 Å². The smallest absolute Gasteiger partial charge is 0.254 e. The van der Waals surface area contributed by atoms with Crippen molar-refractivity contribution in [1.29, 1.82) is 0 Å². The first-order chi connectivity index (χ1) is 14.7. The maximum absolute atomic E-state index is 12.9. The van der Waals surface area contributed by atoms with Gasteiger partial charge in [-0.3, -0.25) is 4.79 Å². The van der Waals surface area contributed by atoms with Crippen LogP contribution in [0.4, 0.5) is 11.6 Å². The highest BCUT2D eigenvalue weighted by Crippen LogP contribution is 2.24. The number of fused-ring (bicyclic) bond motifs is 1. The Labute approximate surface area is 180 Å². The number of benzene rings is 1. The Hall–Kier alpha value is -2.74.